The summed E-state index contributed by atoms with van der Waals surface area (Å²) in [5.74, 6) is -0.0280. The zero-order valence-electron chi connectivity index (χ0n) is 13.0. The van der Waals surface area contributed by atoms with Crippen molar-refractivity contribution in [2.24, 2.45) is 0 Å². The summed E-state index contributed by atoms with van der Waals surface area (Å²) < 4.78 is 1.50. The van der Waals surface area contributed by atoms with Crippen LogP contribution in [-0.2, 0) is 0 Å². The van der Waals surface area contributed by atoms with Crippen molar-refractivity contribution in [3.63, 3.8) is 0 Å². The third kappa shape index (κ3) is 2.85. The Bertz CT molecular complexity index is 914. The van der Waals surface area contributed by atoms with Gasteiger partial charge in [-0.2, -0.15) is 0 Å². The number of carbonyl (C=O) groups is 1. The molecule has 1 N–H and O–H groups in total. The van der Waals surface area contributed by atoms with Crippen molar-refractivity contribution in [1.82, 2.24) is 9.55 Å². The topological polar surface area (TPSA) is 64.0 Å². The van der Waals surface area contributed by atoms with Crippen LogP contribution in [0.5, 0.6) is 0 Å². The van der Waals surface area contributed by atoms with Gasteiger partial charge in [0.2, 0.25) is 5.95 Å². The monoisotopic (exact) mass is 307 g/mol. The standard InChI is InChI=1S/C18H17N3O2/c1-12(2)21-17(23)14-10-6-7-11-15(14)19-18(21)20-16(22)13-8-4-3-5-9-13/h3-12H,1-2H3,(H,19,20,22). The van der Waals surface area contributed by atoms with Crippen molar-refractivity contribution < 1.29 is 4.79 Å². The molecular formula is C18H17N3O2. The highest BCUT2D eigenvalue weighted by Gasteiger charge is 2.16. The molecule has 2 aromatic carbocycles. The van der Waals surface area contributed by atoms with Gasteiger partial charge in [0.15, 0.2) is 0 Å². The fourth-order valence-electron chi connectivity index (χ4n) is 2.48. The molecule has 0 saturated carbocycles. The molecule has 5 heteroatoms. The summed E-state index contributed by atoms with van der Waals surface area (Å²) in [6.45, 7) is 3.77. The molecule has 3 aromatic rings. The molecule has 0 radical (unpaired) electrons. The van der Waals surface area contributed by atoms with Crippen molar-refractivity contribution in [2.45, 2.75) is 19.9 Å². The number of rotatable bonds is 3. The molecule has 5 nitrogen and oxygen atoms in total. The molecule has 1 aromatic heterocycles. The van der Waals surface area contributed by atoms with Gasteiger partial charge < -0.3 is 0 Å². The second-order valence-corrected chi connectivity index (χ2v) is 5.54. The number of nitrogens with zero attached hydrogens (tertiary/aromatic N) is 2. The summed E-state index contributed by atoms with van der Waals surface area (Å²) in [4.78, 5) is 29.5. The van der Waals surface area contributed by atoms with Gasteiger partial charge in [0.25, 0.3) is 11.5 Å². The van der Waals surface area contributed by atoms with Crippen molar-refractivity contribution >= 4 is 22.8 Å². The first-order valence-electron chi connectivity index (χ1n) is 7.45. The van der Waals surface area contributed by atoms with Crippen molar-refractivity contribution in [1.29, 1.82) is 0 Å². The molecule has 0 aliphatic carbocycles. The number of para-hydroxylation sites is 1. The van der Waals surface area contributed by atoms with Gasteiger partial charge in [-0.15, -0.1) is 0 Å². The Morgan fingerprint density at radius 1 is 1.04 bits per heavy atom. The number of benzene rings is 2. The van der Waals surface area contributed by atoms with Crippen LogP contribution in [0.15, 0.2) is 59.4 Å². The lowest BCUT2D eigenvalue weighted by Crippen LogP contribution is -2.28. The Morgan fingerprint density at radius 2 is 1.70 bits per heavy atom. The maximum Gasteiger partial charge on any atom is 0.263 e. The Morgan fingerprint density at radius 3 is 2.39 bits per heavy atom. The Kier molecular flexibility index (Phi) is 3.93. The fourth-order valence-corrected chi connectivity index (χ4v) is 2.48. The van der Waals surface area contributed by atoms with Gasteiger partial charge in [0, 0.05) is 11.6 Å². The summed E-state index contributed by atoms with van der Waals surface area (Å²) in [5, 5.41) is 3.29. The third-order valence-electron chi connectivity index (χ3n) is 3.59. The lowest BCUT2D eigenvalue weighted by atomic mass is 10.2. The number of hydrogen-bond donors (Lipinski definition) is 1. The van der Waals surface area contributed by atoms with E-state index in [-0.39, 0.29) is 23.5 Å². The van der Waals surface area contributed by atoms with Gasteiger partial charge in [0.05, 0.1) is 10.9 Å². The van der Waals surface area contributed by atoms with E-state index >= 15 is 0 Å². The van der Waals surface area contributed by atoms with Gasteiger partial charge in [0.1, 0.15) is 0 Å². The van der Waals surface area contributed by atoms with Crippen LogP contribution in [0.3, 0.4) is 0 Å². The molecule has 0 aliphatic heterocycles. The van der Waals surface area contributed by atoms with E-state index in [1.54, 1.807) is 42.5 Å². The number of carbonyl (C=O) groups excluding carboxylic acids is 1. The summed E-state index contributed by atoms with van der Waals surface area (Å²) in [5.41, 5.74) is 0.928. The summed E-state index contributed by atoms with van der Waals surface area (Å²) >= 11 is 0. The van der Waals surface area contributed by atoms with E-state index in [1.807, 2.05) is 26.0 Å². The largest absolute Gasteiger partial charge is 0.292 e. The SMILES string of the molecule is CC(C)n1c(NC(=O)c2ccccc2)nc2ccccc2c1=O. The zero-order valence-corrected chi connectivity index (χ0v) is 13.0. The molecule has 0 atom stereocenters. The highest BCUT2D eigenvalue weighted by Crippen LogP contribution is 2.16. The van der Waals surface area contributed by atoms with Crippen molar-refractivity contribution in [3.8, 4) is 0 Å². The lowest BCUT2D eigenvalue weighted by molar-refractivity contribution is 0.102. The molecule has 23 heavy (non-hydrogen) atoms. The average molecular weight is 307 g/mol. The quantitative estimate of drug-likeness (QED) is 0.808. The van der Waals surface area contributed by atoms with Crippen LogP contribution in [0.4, 0.5) is 5.95 Å². The van der Waals surface area contributed by atoms with Gasteiger partial charge in [-0.1, -0.05) is 30.3 Å². The molecule has 1 amide bonds. The number of hydrogen-bond acceptors (Lipinski definition) is 3. The molecular weight excluding hydrogens is 290 g/mol. The molecule has 3 rings (SSSR count). The summed E-state index contributed by atoms with van der Waals surface area (Å²) in [6.07, 6.45) is 0. The molecule has 1 heterocycles. The van der Waals surface area contributed by atoms with E-state index in [0.29, 0.717) is 16.5 Å². The first-order valence-corrected chi connectivity index (χ1v) is 7.45. The van der Waals surface area contributed by atoms with Crippen LogP contribution in [0.2, 0.25) is 0 Å². The Labute approximate surface area is 133 Å². The average Bonchev–Trinajstić information content (AvgIpc) is 2.55. The molecule has 0 unspecified atom stereocenters. The van der Waals surface area contributed by atoms with Crippen molar-refractivity contribution in [3.05, 3.63) is 70.5 Å². The van der Waals surface area contributed by atoms with Crippen molar-refractivity contribution in [2.75, 3.05) is 5.32 Å². The van der Waals surface area contributed by atoms with Gasteiger partial charge in [-0.3, -0.25) is 19.5 Å². The maximum atomic E-state index is 12.7. The highest BCUT2D eigenvalue weighted by atomic mass is 16.2. The van der Waals surface area contributed by atoms with Crippen LogP contribution < -0.4 is 10.9 Å². The number of aromatic nitrogens is 2. The normalized spacial score (nSPS) is 10.9. The fraction of sp³-hybridized carbons (Fsp3) is 0.167. The molecule has 0 aliphatic rings. The Hall–Kier alpha value is -2.95. The van der Waals surface area contributed by atoms with E-state index in [4.69, 9.17) is 0 Å². The van der Waals surface area contributed by atoms with Crippen LogP contribution in [0.25, 0.3) is 10.9 Å². The minimum atomic E-state index is -0.290. The molecule has 0 spiro atoms. The minimum Gasteiger partial charge on any atom is -0.292 e. The van der Waals surface area contributed by atoms with Crippen LogP contribution in [-0.4, -0.2) is 15.5 Å². The number of fused-ring (bicyclic) bond motifs is 1. The van der Waals surface area contributed by atoms with E-state index in [9.17, 15) is 9.59 Å². The summed E-state index contributed by atoms with van der Waals surface area (Å²) in [6, 6.07) is 15.9. The summed E-state index contributed by atoms with van der Waals surface area (Å²) in [7, 11) is 0. The molecule has 0 fully saturated rings. The van der Waals surface area contributed by atoms with E-state index in [2.05, 4.69) is 10.3 Å². The number of anilines is 1. The maximum absolute atomic E-state index is 12.7. The second kappa shape index (κ2) is 6.04. The molecule has 0 bridgehead atoms. The smallest absolute Gasteiger partial charge is 0.263 e. The Balaban J connectivity index is 2.11. The van der Waals surface area contributed by atoms with Crippen LogP contribution >= 0.6 is 0 Å². The predicted octanol–water partition coefficient (Wildman–Crippen LogP) is 3.23. The minimum absolute atomic E-state index is 0.120. The van der Waals surface area contributed by atoms with Gasteiger partial charge >= 0.3 is 0 Å². The molecule has 0 saturated heterocycles. The molecule has 116 valence electrons. The third-order valence-corrected chi connectivity index (χ3v) is 3.59. The van der Waals surface area contributed by atoms with E-state index < -0.39 is 0 Å². The van der Waals surface area contributed by atoms with Gasteiger partial charge in [-0.05, 0) is 38.1 Å². The lowest BCUT2D eigenvalue weighted by Gasteiger charge is -2.17. The van der Waals surface area contributed by atoms with Crippen LogP contribution in [0.1, 0.15) is 30.2 Å². The highest BCUT2D eigenvalue weighted by molar-refractivity contribution is 6.03. The zero-order chi connectivity index (χ0) is 16.4. The van der Waals surface area contributed by atoms with Gasteiger partial charge in [-0.25, -0.2) is 4.98 Å². The predicted molar refractivity (Wildman–Crippen MR) is 90.8 cm³/mol. The van der Waals surface area contributed by atoms with E-state index in [1.165, 1.54) is 4.57 Å². The second-order valence-electron chi connectivity index (χ2n) is 5.54. The van der Waals surface area contributed by atoms with Crippen LogP contribution in [0, 0.1) is 0 Å². The first-order chi connectivity index (χ1) is 11.1. The number of amides is 1. The number of nitrogens with one attached hydrogen (secondary N) is 1. The van der Waals surface area contributed by atoms with E-state index in [0.717, 1.165) is 0 Å². The first kappa shape index (κ1) is 15.0.